The zero-order valence-corrected chi connectivity index (χ0v) is 17.6. The highest BCUT2D eigenvalue weighted by Crippen LogP contribution is 2.56. The van der Waals surface area contributed by atoms with Crippen LogP contribution in [0.1, 0.15) is 48.3 Å². The third-order valence-corrected chi connectivity index (χ3v) is 6.88. The maximum Gasteiger partial charge on any atom is 0.223 e. The number of nitrogens with zero attached hydrogens (tertiary/aromatic N) is 2. The summed E-state index contributed by atoms with van der Waals surface area (Å²) in [6, 6.07) is 2.54. The fourth-order valence-electron chi connectivity index (χ4n) is 4.41. The Balaban J connectivity index is 0.00000210. The van der Waals surface area contributed by atoms with E-state index in [-0.39, 0.29) is 18.3 Å². The van der Waals surface area contributed by atoms with Crippen LogP contribution in [-0.2, 0) is 17.8 Å². The van der Waals surface area contributed by atoms with E-state index in [1.165, 1.54) is 18.4 Å². The van der Waals surface area contributed by atoms with E-state index in [0.29, 0.717) is 24.3 Å². The van der Waals surface area contributed by atoms with Crippen LogP contribution in [0.5, 0.6) is 0 Å². The van der Waals surface area contributed by atoms with Gasteiger partial charge in [0.25, 0.3) is 0 Å². The SMILES string of the molecule is Cc1noc(C)c1CCC(=O)N(Cc1ccsc1)C1CC12CCNCC2.Cl. The predicted octanol–water partition coefficient (Wildman–Crippen LogP) is 3.88. The lowest BCUT2D eigenvalue weighted by Gasteiger charge is -2.29. The highest BCUT2D eigenvalue weighted by molar-refractivity contribution is 7.07. The van der Waals surface area contributed by atoms with E-state index in [0.717, 1.165) is 43.1 Å². The summed E-state index contributed by atoms with van der Waals surface area (Å²) in [7, 11) is 0. The van der Waals surface area contributed by atoms with Crippen LogP contribution in [0.4, 0.5) is 0 Å². The summed E-state index contributed by atoms with van der Waals surface area (Å²) in [5.41, 5.74) is 3.60. The summed E-state index contributed by atoms with van der Waals surface area (Å²) < 4.78 is 5.24. The van der Waals surface area contributed by atoms with Crippen LogP contribution in [-0.4, -0.2) is 35.1 Å². The van der Waals surface area contributed by atoms with Crippen molar-refractivity contribution in [2.45, 2.75) is 58.5 Å². The Morgan fingerprint density at radius 3 is 2.81 bits per heavy atom. The van der Waals surface area contributed by atoms with Gasteiger partial charge in [-0.05, 0) is 80.4 Å². The summed E-state index contributed by atoms with van der Waals surface area (Å²) >= 11 is 1.70. The first kappa shape index (κ1) is 20.4. The first-order valence-electron chi connectivity index (χ1n) is 9.52. The molecule has 1 aliphatic carbocycles. The van der Waals surface area contributed by atoms with Gasteiger partial charge in [-0.2, -0.15) is 11.3 Å². The van der Waals surface area contributed by atoms with Gasteiger partial charge >= 0.3 is 0 Å². The van der Waals surface area contributed by atoms with E-state index < -0.39 is 0 Å². The molecule has 0 aromatic carbocycles. The Bertz CT molecular complexity index is 749. The molecule has 1 saturated carbocycles. The molecule has 1 amide bonds. The molecule has 5 nitrogen and oxygen atoms in total. The average molecular weight is 410 g/mol. The van der Waals surface area contributed by atoms with Crippen molar-refractivity contribution in [1.82, 2.24) is 15.4 Å². The van der Waals surface area contributed by atoms with Crippen molar-refractivity contribution in [3.05, 3.63) is 39.4 Å². The van der Waals surface area contributed by atoms with Gasteiger partial charge < -0.3 is 14.7 Å². The summed E-state index contributed by atoms with van der Waals surface area (Å²) in [4.78, 5) is 15.3. The monoisotopic (exact) mass is 409 g/mol. The molecule has 1 N–H and O–H groups in total. The molecule has 0 radical (unpaired) electrons. The van der Waals surface area contributed by atoms with Gasteiger partial charge in [-0.25, -0.2) is 0 Å². The van der Waals surface area contributed by atoms with Crippen LogP contribution >= 0.6 is 23.7 Å². The van der Waals surface area contributed by atoms with E-state index in [1.54, 1.807) is 11.3 Å². The normalized spacial score (nSPS) is 20.3. The first-order chi connectivity index (χ1) is 12.6. The van der Waals surface area contributed by atoms with E-state index in [2.05, 4.69) is 32.2 Å². The van der Waals surface area contributed by atoms with Gasteiger partial charge in [-0.1, -0.05) is 5.16 Å². The number of nitrogens with one attached hydrogen (secondary N) is 1. The molecule has 2 aromatic heterocycles. The molecule has 1 saturated heterocycles. The summed E-state index contributed by atoms with van der Waals surface area (Å²) in [6.07, 6.45) is 4.78. The number of aryl methyl sites for hydroxylation is 2. The molecule has 1 aliphatic heterocycles. The predicted molar refractivity (Wildman–Crippen MR) is 109 cm³/mol. The minimum Gasteiger partial charge on any atom is -0.361 e. The van der Waals surface area contributed by atoms with Crippen molar-refractivity contribution >= 4 is 29.7 Å². The number of amides is 1. The van der Waals surface area contributed by atoms with Crippen molar-refractivity contribution in [2.24, 2.45) is 5.41 Å². The number of aromatic nitrogens is 1. The first-order valence-corrected chi connectivity index (χ1v) is 10.5. The second-order valence-electron chi connectivity index (χ2n) is 7.79. The molecule has 0 bridgehead atoms. The van der Waals surface area contributed by atoms with Gasteiger partial charge in [-0.3, -0.25) is 4.79 Å². The molecule has 1 atom stereocenters. The van der Waals surface area contributed by atoms with Crippen molar-refractivity contribution in [3.8, 4) is 0 Å². The second kappa shape index (κ2) is 8.33. The van der Waals surface area contributed by atoms with E-state index in [4.69, 9.17) is 4.52 Å². The molecule has 1 spiro atoms. The number of thiophene rings is 1. The molecule has 7 heteroatoms. The number of piperidine rings is 1. The number of hydrogen-bond acceptors (Lipinski definition) is 5. The van der Waals surface area contributed by atoms with Crippen LogP contribution < -0.4 is 5.32 Å². The molecule has 2 fully saturated rings. The second-order valence-corrected chi connectivity index (χ2v) is 8.57. The lowest BCUT2D eigenvalue weighted by atomic mass is 9.93. The van der Waals surface area contributed by atoms with Crippen molar-refractivity contribution in [1.29, 1.82) is 0 Å². The van der Waals surface area contributed by atoms with Crippen LogP contribution in [0, 0.1) is 19.3 Å². The smallest absolute Gasteiger partial charge is 0.223 e. The average Bonchev–Trinajstić information content (AvgIpc) is 2.98. The molecule has 2 aliphatic rings. The largest absolute Gasteiger partial charge is 0.361 e. The highest BCUT2D eigenvalue weighted by atomic mass is 35.5. The summed E-state index contributed by atoms with van der Waals surface area (Å²) in [5.74, 6) is 1.09. The fourth-order valence-corrected chi connectivity index (χ4v) is 5.07. The maximum absolute atomic E-state index is 13.2. The fraction of sp³-hybridized carbons (Fsp3) is 0.600. The van der Waals surface area contributed by atoms with E-state index in [9.17, 15) is 4.79 Å². The third kappa shape index (κ3) is 4.23. The Hall–Kier alpha value is -1.37. The quantitative estimate of drug-likeness (QED) is 0.786. The van der Waals surface area contributed by atoms with Gasteiger partial charge in [-0.15, -0.1) is 12.4 Å². The van der Waals surface area contributed by atoms with Crippen LogP contribution in [0.15, 0.2) is 21.3 Å². The van der Waals surface area contributed by atoms with Gasteiger partial charge in [0.2, 0.25) is 5.91 Å². The van der Waals surface area contributed by atoms with Gasteiger partial charge in [0.1, 0.15) is 5.76 Å². The molecule has 148 valence electrons. The summed E-state index contributed by atoms with van der Waals surface area (Å²) in [5, 5.41) is 11.7. The Labute approximate surface area is 170 Å². The molecule has 3 heterocycles. The Morgan fingerprint density at radius 1 is 1.41 bits per heavy atom. The molecule has 4 rings (SSSR count). The molecular weight excluding hydrogens is 382 g/mol. The van der Waals surface area contributed by atoms with Gasteiger partial charge in [0.15, 0.2) is 0 Å². The minimum atomic E-state index is 0. The number of rotatable bonds is 6. The van der Waals surface area contributed by atoms with Crippen molar-refractivity contribution in [3.63, 3.8) is 0 Å². The topological polar surface area (TPSA) is 58.4 Å². The molecule has 2 aromatic rings. The number of hydrogen-bond donors (Lipinski definition) is 1. The van der Waals surface area contributed by atoms with E-state index >= 15 is 0 Å². The number of carbonyl (C=O) groups is 1. The lowest BCUT2D eigenvalue weighted by molar-refractivity contribution is -0.133. The number of carbonyl (C=O) groups excluding carboxylic acids is 1. The molecular formula is C20H28ClN3O2S. The zero-order valence-electron chi connectivity index (χ0n) is 16.0. The zero-order chi connectivity index (χ0) is 18.1. The summed E-state index contributed by atoms with van der Waals surface area (Å²) in [6.45, 7) is 6.77. The van der Waals surface area contributed by atoms with Crippen LogP contribution in [0.3, 0.4) is 0 Å². The van der Waals surface area contributed by atoms with E-state index in [1.807, 2.05) is 13.8 Å². The van der Waals surface area contributed by atoms with Gasteiger partial charge in [0.05, 0.1) is 5.69 Å². The van der Waals surface area contributed by atoms with Gasteiger partial charge in [0, 0.05) is 24.6 Å². The lowest BCUT2D eigenvalue weighted by Crippen LogP contribution is -2.39. The Kier molecular flexibility index (Phi) is 6.28. The van der Waals surface area contributed by atoms with Crippen molar-refractivity contribution < 1.29 is 9.32 Å². The van der Waals surface area contributed by atoms with Crippen LogP contribution in [0.2, 0.25) is 0 Å². The number of halogens is 1. The Morgan fingerprint density at radius 2 is 2.19 bits per heavy atom. The highest BCUT2D eigenvalue weighted by Gasteiger charge is 2.57. The molecule has 27 heavy (non-hydrogen) atoms. The minimum absolute atomic E-state index is 0. The third-order valence-electron chi connectivity index (χ3n) is 6.15. The maximum atomic E-state index is 13.2. The van der Waals surface area contributed by atoms with Crippen molar-refractivity contribution in [2.75, 3.05) is 13.1 Å². The standard InChI is InChI=1S/C20H27N3O2S.ClH/c1-14-17(15(2)25-22-14)3-4-19(24)23(12-16-5-10-26-13-16)18-11-20(18)6-8-21-9-7-20;/h5,10,13,18,21H,3-4,6-9,11-12H2,1-2H3;1H. The molecule has 1 unspecified atom stereocenters. The van der Waals surface area contributed by atoms with Crippen LogP contribution in [0.25, 0.3) is 0 Å².